The fourth-order valence-corrected chi connectivity index (χ4v) is 6.30. The lowest BCUT2D eigenvalue weighted by Crippen LogP contribution is -2.56. The molecule has 1 aliphatic heterocycles. The van der Waals surface area contributed by atoms with E-state index in [1.54, 1.807) is 14.7 Å². The zero-order valence-electron chi connectivity index (χ0n) is 30.6. The van der Waals surface area contributed by atoms with Crippen LogP contribution in [0.1, 0.15) is 16.7 Å². The second kappa shape index (κ2) is 23.3. The van der Waals surface area contributed by atoms with Gasteiger partial charge in [-0.1, -0.05) is 91.0 Å². The van der Waals surface area contributed by atoms with E-state index in [0.29, 0.717) is 6.61 Å². The van der Waals surface area contributed by atoms with Gasteiger partial charge in [0.15, 0.2) is 0 Å². The van der Waals surface area contributed by atoms with Crippen LogP contribution in [-0.4, -0.2) is 156 Å². The Morgan fingerprint density at radius 2 is 0.889 bits per heavy atom. The molecule has 0 bridgehead atoms. The van der Waals surface area contributed by atoms with Crippen molar-refractivity contribution in [2.75, 3.05) is 78.7 Å². The first kappa shape index (κ1) is 42.2. The van der Waals surface area contributed by atoms with Crippen molar-refractivity contribution in [1.29, 1.82) is 0 Å². The number of rotatable bonds is 20. The van der Waals surface area contributed by atoms with Crippen molar-refractivity contribution >= 4 is 24.2 Å². The van der Waals surface area contributed by atoms with E-state index in [-0.39, 0.29) is 91.9 Å². The summed E-state index contributed by atoms with van der Waals surface area (Å²) in [5, 5.41) is 30.6. The number of aldehydes is 1. The lowest BCUT2D eigenvalue weighted by Gasteiger charge is -2.38. The maximum Gasteiger partial charge on any atom is 0.323 e. The predicted octanol–water partition coefficient (Wildman–Crippen LogP) is 2.42. The van der Waals surface area contributed by atoms with E-state index < -0.39 is 36.0 Å². The van der Waals surface area contributed by atoms with Gasteiger partial charge >= 0.3 is 17.9 Å². The zero-order valence-corrected chi connectivity index (χ0v) is 30.6. The summed E-state index contributed by atoms with van der Waals surface area (Å²) in [7, 11) is 0. The van der Waals surface area contributed by atoms with E-state index in [0.717, 1.165) is 23.0 Å². The molecule has 0 radical (unpaired) electrons. The van der Waals surface area contributed by atoms with Crippen LogP contribution in [-0.2, 0) is 53.2 Å². The number of carboxylic acids is 3. The van der Waals surface area contributed by atoms with E-state index in [2.05, 4.69) is 0 Å². The van der Waals surface area contributed by atoms with Gasteiger partial charge in [-0.3, -0.25) is 34.0 Å². The smallest absolute Gasteiger partial charge is 0.323 e. The third-order valence-electron chi connectivity index (χ3n) is 9.37. The Morgan fingerprint density at radius 1 is 0.537 bits per heavy atom. The van der Waals surface area contributed by atoms with Gasteiger partial charge in [0.1, 0.15) is 18.4 Å². The van der Waals surface area contributed by atoms with Gasteiger partial charge in [0.25, 0.3) is 0 Å². The monoisotopic (exact) mass is 748 g/mol. The first-order valence-corrected chi connectivity index (χ1v) is 18.2. The molecule has 1 saturated heterocycles. The van der Waals surface area contributed by atoms with E-state index in [1.165, 1.54) is 0 Å². The highest BCUT2D eigenvalue weighted by molar-refractivity contribution is 5.74. The predicted molar refractivity (Wildman–Crippen MR) is 200 cm³/mol. The summed E-state index contributed by atoms with van der Waals surface area (Å²) in [6, 6.07) is 25.5. The van der Waals surface area contributed by atoms with Crippen LogP contribution in [0.15, 0.2) is 91.0 Å². The largest absolute Gasteiger partial charge is 0.480 e. The number of benzene rings is 3. The Bertz CT molecular complexity index is 1550. The maximum absolute atomic E-state index is 12.8. The SMILES string of the molecule is O=CC(COCc1ccccc1)N1CCN(CC(=O)O)CCN(C(COCc2ccccc2)C(=O)O)CCN(C(COCc2ccccc2)C(=O)O)CC1. The van der Waals surface area contributed by atoms with Gasteiger partial charge in [-0.15, -0.1) is 0 Å². The number of nitrogens with zero attached hydrogens (tertiary/aromatic N) is 4. The average molecular weight is 749 g/mol. The van der Waals surface area contributed by atoms with Crippen molar-refractivity contribution in [3.63, 3.8) is 0 Å². The molecule has 3 N–H and O–H groups in total. The molecule has 3 aromatic rings. The highest BCUT2D eigenvalue weighted by atomic mass is 16.5. The minimum absolute atomic E-state index is 0.0803. The van der Waals surface area contributed by atoms with Gasteiger partial charge in [-0.25, -0.2) is 0 Å². The van der Waals surface area contributed by atoms with Gasteiger partial charge in [0, 0.05) is 52.4 Å². The van der Waals surface area contributed by atoms with Crippen molar-refractivity contribution in [2.24, 2.45) is 0 Å². The van der Waals surface area contributed by atoms with Crippen LogP contribution in [0.4, 0.5) is 0 Å². The lowest BCUT2D eigenvalue weighted by molar-refractivity contribution is -0.149. The fourth-order valence-electron chi connectivity index (χ4n) is 6.30. The van der Waals surface area contributed by atoms with Crippen LogP contribution < -0.4 is 0 Å². The molecule has 292 valence electrons. The van der Waals surface area contributed by atoms with Crippen LogP contribution in [0.3, 0.4) is 0 Å². The molecule has 0 saturated carbocycles. The summed E-state index contributed by atoms with van der Waals surface area (Å²) in [4.78, 5) is 57.0. The van der Waals surface area contributed by atoms with Crippen molar-refractivity contribution in [2.45, 2.75) is 37.9 Å². The van der Waals surface area contributed by atoms with Gasteiger partial charge in [-0.2, -0.15) is 0 Å². The van der Waals surface area contributed by atoms with E-state index >= 15 is 0 Å². The summed E-state index contributed by atoms with van der Waals surface area (Å²) in [6.07, 6.45) is 0.801. The van der Waals surface area contributed by atoms with Gasteiger partial charge in [0.2, 0.25) is 0 Å². The molecule has 3 unspecified atom stereocenters. The molecular weight excluding hydrogens is 696 g/mol. The summed E-state index contributed by atoms with van der Waals surface area (Å²) in [5.74, 6) is -3.24. The Hall–Kier alpha value is -4.54. The van der Waals surface area contributed by atoms with Gasteiger partial charge in [0.05, 0.1) is 52.2 Å². The number of hydrogen-bond donors (Lipinski definition) is 3. The number of ether oxygens (including phenoxy) is 3. The molecule has 1 aliphatic rings. The molecule has 1 fully saturated rings. The molecule has 0 aliphatic carbocycles. The van der Waals surface area contributed by atoms with Gasteiger partial charge in [-0.05, 0) is 16.7 Å². The molecule has 54 heavy (non-hydrogen) atoms. The Balaban J connectivity index is 1.56. The minimum atomic E-state index is -1.11. The van der Waals surface area contributed by atoms with Crippen LogP contribution in [0.2, 0.25) is 0 Å². The Labute approximate surface area is 316 Å². The number of carbonyl (C=O) groups excluding carboxylic acids is 1. The normalized spacial score (nSPS) is 17.4. The molecule has 1 heterocycles. The molecule has 0 spiro atoms. The van der Waals surface area contributed by atoms with Crippen molar-refractivity contribution < 1.29 is 48.7 Å². The first-order chi connectivity index (χ1) is 26.2. The molecule has 14 heteroatoms. The van der Waals surface area contributed by atoms with Gasteiger partial charge < -0.3 is 34.3 Å². The highest BCUT2D eigenvalue weighted by Crippen LogP contribution is 2.13. The number of carbonyl (C=O) groups is 4. The summed E-state index contributed by atoms with van der Waals surface area (Å²) in [6.45, 7) is 1.91. The zero-order chi connectivity index (χ0) is 38.5. The van der Waals surface area contributed by atoms with Crippen LogP contribution in [0, 0.1) is 0 Å². The Kier molecular flexibility index (Phi) is 18.2. The van der Waals surface area contributed by atoms with E-state index in [1.807, 2.05) is 95.9 Å². The van der Waals surface area contributed by atoms with Crippen LogP contribution in [0.25, 0.3) is 0 Å². The second-order valence-corrected chi connectivity index (χ2v) is 13.2. The molecular formula is C40H52N4O10. The Morgan fingerprint density at radius 3 is 1.26 bits per heavy atom. The van der Waals surface area contributed by atoms with Crippen LogP contribution in [0.5, 0.6) is 0 Å². The number of carboxylic acid groups (broad SMARTS) is 3. The molecule has 14 nitrogen and oxygen atoms in total. The summed E-state index contributed by atoms with van der Waals surface area (Å²) < 4.78 is 17.7. The molecule has 3 atom stereocenters. The summed E-state index contributed by atoms with van der Waals surface area (Å²) >= 11 is 0. The summed E-state index contributed by atoms with van der Waals surface area (Å²) in [5.41, 5.74) is 2.73. The minimum Gasteiger partial charge on any atom is -0.480 e. The third kappa shape index (κ3) is 14.7. The lowest BCUT2D eigenvalue weighted by atomic mass is 10.2. The van der Waals surface area contributed by atoms with E-state index in [4.69, 9.17) is 14.2 Å². The number of hydrogen-bond acceptors (Lipinski definition) is 11. The quantitative estimate of drug-likeness (QED) is 0.144. The first-order valence-electron chi connectivity index (χ1n) is 18.2. The second-order valence-electron chi connectivity index (χ2n) is 13.2. The fraction of sp³-hybridized carbons (Fsp3) is 0.450. The third-order valence-corrected chi connectivity index (χ3v) is 9.37. The standard InChI is InChI=1S/C40H52N4O10/c45-25-35(29-52-26-32-10-4-1-5-11-32)42-18-16-41(24-38(46)47)17-19-43(36(39(48)49)30-53-27-33-12-6-2-7-13-33)22-23-44(21-20-42)37(40(50)51)31-54-28-34-14-8-3-9-15-34/h1-15,25,35-37H,16-24,26-31H2,(H,46,47)(H,48,49)(H,50,51). The molecule has 0 aromatic heterocycles. The van der Waals surface area contributed by atoms with Crippen LogP contribution >= 0.6 is 0 Å². The topological polar surface area (TPSA) is 170 Å². The van der Waals surface area contributed by atoms with Crippen molar-refractivity contribution in [1.82, 2.24) is 19.6 Å². The van der Waals surface area contributed by atoms with E-state index in [9.17, 15) is 34.5 Å². The average Bonchev–Trinajstić information content (AvgIpc) is 3.16. The highest BCUT2D eigenvalue weighted by Gasteiger charge is 2.32. The maximum atomic E-state index is 12.8. The number of aliphatic carboxylic acids is 3. The van der Waals surface area contributed by atoms with Crippen molar-refractivity contribution in [3.8, 4) is 0 Å². The molecule has 3 aromatic carbocycles. The molecule has 0 amide bonds. The molecule has 4 rings (SSSR count). The van der Waals surface area contributed by atoms with Crippen molar-refractivity contribution in [3.05, 3.63) is 108 Å².